The second kappa shape index (κ2) is 31.8. The molecule has 0 spiro atoms. The van der Waals surface area contributed by atoms with Crippen molar-refractivity contribution in [2.24, 2.45) is 52.3 Å². The molecule has 0 aliphatic heterocycles. The van der Waals surface area contributed by atoms with Crippen LogP contribution in [0.1, 0.15) is 286 Å². The van der Waals surface area contributed by atoms with Crippen molar-refractivity contribution in [2.45, 2.75) is 298 Å². The van der Waals surface area contributed by atoms with E-state index in [1.165, 1.54) is 173 Å². The molecular formula is C61H111NO4. The van der Waals surface area contributed by atoms with Crippen molar-refractivity contribution in [1.29, 1.82) is 0 Å². The van der Waals surface area contributed by atoms with Gasteiger partial charge in [0.2, 0.25) is 0 Å². The lowest BCUT2D eigenvalue weighted by Crippen LogP contribution is -2.51. The van der Waals surface area contributed by atoms with Crippen LogP contribution in [0.3, 0.4) is 0 Å². The summed E-state index contributed by atoms with van der Waals surface area (Å²) in [4.78, 5) is 26.1. The molecule has 0 bridgehead atoms. The van der Waals surface area contributed by atoms with Gasteiger partial charge in [0.25, 0.3) is 0 Å². The van der Waals surface area contributed by atoms with Crippen LogP contribution in [0.15, 0.2) is 11.6 Å². The molecule has 0 saturated heterocycles. The van der Waals surface area contributed by atoms with Crippen molar-refractivity contribution in [3.05, 3.63) is 11.6 Å². The van der Waals surface area contributed by atoms with Gasteiger partial charge in [-0.05, 0) is 156 Å². The fourth-order valence-electron chi connectivity index (χ4n) is 14.5. The average Bonchev–Trinajstić information content (AvgIpc) is 3.65. The van der Waals surface area contributed by atoms with Crippen molar-refractivity contribution in [2.75, 3.05) is 13.6 Å². The highest BCUT2D eigenvalue weighted by Crippen LogP contribution is 2.67. The van der Waals surface area contributed by atoms with Gasteiger partial charge in [0, 0.05) is 19.3 Å². The summed E-state index contributed by atoms with van der Waals surface area (Å²) in [5.74, 6) is 5.95. The lowest BCUT2D eigenvalue weighted by atomic mass is 9.47. The van der Waals surface area contributed by atoms with Crippen molar-refractivity contribution >= 4 is 11.9 Å². The summed E-state index contributed by atoms with van der Waals surface area (Å²) in [6, 6.07) is 0. The first-order valence-electron chi connectivity index (χ1n) is 29.7. The van der Waals surface area contributed by atoms with Crippen LogP contribution in [-0.2, 0) is 19.1 Å². The molecule has 0 radical (unpaired) electrons. The minimum atomic E-state index is 0.0348. The van der Waals surface area contributed by atoms with Crippen LogP contribution in [0, 0.1) is 52.3 Å². The Morgan fingerprint density at radius 2 is 1.23 bits per heavy atom. The third kappa shape index (κ3) is 19.1. The van der Waals surface area contributed by atoms with Crippen molar-refractivity contribution in [3.8, 4) is 0 Å². The number of allylic oxidation sites excluding steroid dienone is 1. The minimum Gasteiger partial charge on any atom is -0.462 e. The zero-order valence-electron chi connectivity index (χ0n) is 45.3. The Morgan fingerprint density at radius 1 is 0.636 bits per heavy atom. The minimum absolute atomic E-state index is 0.0348. The van der Waals surface area contributed by atoms with Crippen LogP contribution in [0.25, 0.3) is 0 Å². The molecule has 1 N–H and O–H groups in total. The molecule has 0 aromatic carbocycles. The van der Waals surface area contributed by atoms with Crippen LogP contribution < -0.4 is 5.32 Å². The molecule has 0 aromatic heterocycles. The van der Waals surface area contributed by atoms with Crippen molar-refractivity contribution < 1.29 is 19.1 Å². The molecule has 0 aromatic rings. The Kier molecular flexibility index (Phi) is 27.6. The van der Waals surface area contributed by atoms with Crippen molar-refractivity contribution in [1.82, 2.24) is 5.32 Å². The summed E-state index contributed by atoms with van der Waals surface area (Å²) in [5, 5.41) is 3.38. The molecule has 9 atom stereocenters. The Labute approximate surface area is 410 Å². The van der Waals surface area contributed by atoms with E-state index >= 15 is 0 Å². The van der Waals surface area contributed by atoms with Gasteiger partial charge in [-0.25, -0.2) is 0 Å². The van der Waals surface area contributed by atoms with Crippen LogP contribution >= 0.6 is 0 Å². The van der Waals surface area contributed by atoms with Gasteiger partial charge in [0.15, 0.2) is 0 Å². The number of rotatable bonds is 37. The number of hydrogen-bond donors (Lipinski definition) is 1. The van der Waals surface area contributed by atoms with E-state index in [9.17, 15) is 9.59 Å². The molecule has 4 aliphatic carbocycles. The van der Waals surface area contributed by atoms with Gasteiger partial charge in [-0.15, -0.1) is 0 Å². The number of hydrogen-bond acceptors (Lipinski definition) is 5. The Balaban J connectivity index is 1.09. The fourth-order valence-corrected chi connectivity index (χ4v) is 14.5. The lowest BCUT2D eigenvalue weighted by Gasteiger charge is -2.58. The SMILES string of the molecule is CCCCCCCCC(CCCCCCCC)OC(=O)CCCCCCC(CCCCCC(=O)OC1CCC2(C)C(=CCC3C2CCC2(C)C(C(C)CCCC(C)C)CCC32)C1)CCNC. The number of ether oxygens (including phenoxy) is 2. The highest BCUT2D eigenvalue weighted by Gasteiger charge is 2.59. The van der Waals surface area contributed by atoms with Crippen LogP contribution in [0.5, 0.6) is 0 Å². The van der Waals surface area contributed by atoms with Gasteiger partial charge < -0.3 is 14.8 Å². The Hall–Kier alpha value is -1.36. The third-order valence-electron chi connectivity index (χ3n) is 18.7. The quantitative estimate of drug-likeness (QED) is 0.0382. The summed E-state index contributed by atoms with van der Waals surface area (Å²) >= 11 is 0. The second-order valence-electron chi connectivity index (χ2n) is 24.2. The molecule has 9 unspecified atom stereocenters. The number of nitrogens with one attached hydrogen (secondary N) is 1. The Morgan fingerprint density at radius 3 is 1.86 bits per heavy atom. The van der Waals surface area contributed by atoms with E-state index in [0.29, 0.717) is 23.7 Å². The van der Waals surface area contributed by atoms with E-state index in [2.05, 4.69) is 66.9 Å². The smallest absolute Gasteiger partial charge is 0.306 e. The summed E-state index contributed by atoms with van der Waals surface area (Å²) in [6.45, 7) is 18.3. The first kappa shape index (κ1) is 57.2. The second-order valence-corrected chi connectivity index (χ2v) is 24.2. The number of carbonyl (C=O) groups excluding carboxylic acids is 2. The molecule has 0 heterocycles. The molecule has 66 heavy (non-hydrogen) atoms. The normalized spacial score (nSPS) is 27.0. The van der Waals surface area contributed by atoms with E-state index in [-0.39, 0.29) is 24.1 Å². The molecule has 5 heteroatoms. The summed E-state index contributed by atoms with van der Waals surface area (Å²) in [5.41, 5.74) is 2.46. The summed E-state index contributed by atoms with van der Waals surface area (Å²) in [7, 11) is 2.06. The molecule has 4 aliphatic rings. The highest BCUT2D eigenvalue weighted by molar-refractivity contribution is 5.69. The van der Waals surface area contributed by atoms with Gasteiger partial charge in [0.05, 0.1) is 0 Å². The van der Waals surface area contributed by atoms with E-state index in [1.807, 2.05) is 0 Å². The number of esters is 2. The highest BCUT2D eigenvalue weighted by atomic mass is 16.5. The molecular weight excluding hydrogens is 811 g/mol. The zero-order chi connectivity index (χ0) is 47.6. The summed E-state index contributed by atoms with van der Waals surface area (Å²) < 4.78 is 12.3. The monoisotopic (exact) mass is 922 g/mol. The summed E-state index contributed by atoms with van der Waals surface area (Å²) in [6.07, 6.45) is 47.5. The Bertz CT molecular complexity index is 1330. The van der Waals surface area contributed by atoms with E-state index in [1.54, 1.807) is 5.57 Å². The van der Waals surface area contributed by atoms with E-state index in [4.69, 9.17) is 9.47 Å². The predicted molar refractivity (Wildman–Crippen MR) is 282 cm³/mol. The number of unbranched alkanes of at least 4 members (excludes halogenated alkanes) is 15. The van der Waals surface area contributed by atoms with E-state index in [0.717, 1.165) is 99.3 Å². The maximum atomic E-state index is 13.2. The lowest BCUT2D eigenvalue weighted by molar-refractivity contribution is -0.152. The van der Waals surface area contributed by atoms with Crippen LogP contribution in [-0.4, -0.2) is 37.7 Å². The number of fused-ring (bicyclic) bond motifs is 5. The first-order valence-corrected chi connectivity index (χ1v) is 29.7. The molecule has 5 nitrogen and oxygen atoms in total. The maximum absolute atomic E-state index is 13.2. The van der Waals surface area contributed by atoms with Crippen LogP contribution in [0.4, 0.5) is 0 Å². The molecule has 4 rings (SSSR count). The topological polar surface area (TPSA) is 64.6 Å². The zero-order valence-corrected chi connectivity index (χ0v) is 45.3. The maximum Gasteiger partial charge on any atom is 0.306 e. The standard InChI is InChI=1S/C61H111NO4/c1-9-11-13-15-17-24-33-52(34-25-18-16-14-12-10-2)65-58(63)35-26-20-19-22-31-50(43-46-62-8)32-23-21-27-36-59(64)66-53-41-44-60(6)51(47-53)37-38-54-56-40-39-55(49(5)30-28-29-48(3)4)61(56,7)45-42-57(54)60/h37,48-50,52-57,62H,9-36,38-47H2,1-8H3. The van der Waals surface area contributed by atoms with Gasteiger partial charge in [-0.3, -0.25) is 9.59 Å². The average molecular weight is 923 g/mol. The first-order chi connectivity index (χ1) is 31.9. The van der Waals surface area contributed by atoms with Gasteiger partial charge in [-0.2, -0.15) is 0 Å². The van der Waals surface area contributed by atoms with Gasteiger partial charge in [0.1, 0.15) is 12.2 Å². The molecule has 3 saturated carbocycles. The largest absolute Gasteiger partial charge is 0.462 e. The molecule has 384 valence electrons. The third-order valence-corrected chi connectivity index (χ3v) is 18.7. The molecule has 3 fully saturated rings. The number of carbonyl (C=O) groups is 2. The fraction of sp³-hybridized carbons (Fsp3) is 0.934. The molecule has 0 amide bonds. The van der Waals surface area contributed by atoms with Crippen LogP contribution in [0.2, 0.25) is 0 Å². The van der Waals surface area contributed by atoms with Gasteiger partial charge >= 0.3 is 11.9 Å². The van der Waals surface area contributed by atoms with Crippen molar-refractivity contribution in [3.63, 3.8) is 0 Å². The van der Waals surface area contributed by atoms with E-state index < -0.39 is 0 Å². The van der Waals surface area contributed by atoms with Gasteiger partial charge in [-0.1, -0.05) is 189 Å². The predicted octanol–water partition coefficient (Wildman–Crippen LogP) is 17.9.